The number of aromatic nitrogens is 1. The van der Waals surface area contributed by atoms with Gasteiger partial charge in [0.2, 0.25) is 18.3 Å². The molecule has 0 aliphatic carbocycles. The lowest BCUT2D eigenvalue weighted by molar-refractivity contribution is -0.695. The summed E-state index contributed by atoms with van der Waals surface area (Å²) in [5.74, 6) is 0.946. The molecule has 2 aromatic carbocycles. The minimum Gasteiger partial charge on any atom is -0.497 e. The number of hydrogen-bond acceptors (Lipinski definition) is 4. The van der Waals surface area contributed by atoms with Crippen LogP contribution in [-0.4, -0.2) is 25.5 Å². The molecule has 0 bridgehead atoms. The van der Waals surface area contributed by atoms with E-state index in [1.165, 1.54) is 0 Å². The molecule has 0 spiro atoms. The van der Waals surface area contributed by atoms with Gasteiger partial charge in [0.15, 0.2) is 6.20 Å². The van der Waals surface area contributed by atoms with Gasteiger partial charge >= 0.3 is 0 Å². The van der Waals surface area contributed by atoms with E-state index >= 15 is 0 Å². The van der Waals surface area contributed by atoms with Gasteiger partial charge in [0.25, 0.3) is 11.8 Å². The summed E-state index contributed by atoms with van der Waals surface area (Å²) >= 11 is 0. The van der Waals surface area contributed by atoms with Crippen molar-refractivity contribution in [1.82, 2.24) is 0 Å². The second kappa shape index (κ2) is 8.87. The van der Waals surface area contributed by atoms with E-state index in [0.29, 0.717) is 23.7 Å². The zero-order valence-corrected chi connectivity index (χ0v) is 17.4. The van der Waals surface area contributed by atoms with Crippen LogP contribution < -0.4 is 24.3 Å². The lowest BCUT2D eigenvalue weighted by Crippen LogP contribution is -2.58. The zero-order chi connectivity index (χ0) is 21.8. The van der Waals surface area contributed by atoms with E-state index in [1.54, 1.807) is 60.5 Å². The Bertz CT molecular complexity index is 1080. The second-order valence-corrected chi connectivity index (χ2v) is 7.06. The molecule has 1 atom stereocenters. The van der Waals surface area contributed by atoms with Crippen molar-refractivity contribution >= 4 is 23.2 Å². The Balaban J connectivity index is 1.68. The molecule has 0 saturated carbocycles. The highest BCUT2D eigenvalue weighted by molar-refractivity contribution is 6.05. The van der Waals surface area contributed by atoms with Crippen LogP contribution >= 0.6 is 0 Å². The molecule has 1 unspecified atom stereocenters. The van der Waals surface area contributed by atoms with E-state index in [-0.39, 0.29) is 18.4 Å². The number of carbonyl (C=O) groups is 2. The fraction of sp³-hybridized carbons (Fsp3) is 0.208. The van der Waals surface area contributed by atoms with Crippen LogP contribution in [0.25, 0.3) is 0 Å². The number of carbonyl (C=O) groups excluding carboxylic acids is 2. The average molecular weight is 418 g/mol. The lowest BCUT2D eigenvalue weighted by Gasteiger charge is -2.32. The van der Waals surface area contributed by atoms with Gasteiger partial charge in [-0.05, 0) is 55.5 Å². The molecule has 158 valence electrons. The van der Waals surface area contributed by atoms with Crippen molar-refractivity contribution in [3.05, 3.63) is 78.6 Å². The van der Waals surface area contributed by atoms with Crippen LogP contribution in [0, 0.1) is 0 Å². The van der Waals surface area contributed by atoms with Crippen LogP contribution in [0.3, 0.4) is 0 Å². The van der Waals surface area contributed by atoms with Gasteiger partial charge in [-0.1, -0.05) is 6.07 Å². The summed E-state index contributed by atoms with van der Waals surface area (Å²) in [4.78, 5) is 28.0. The number of fused-ring (bicyclic) bond motifs is 1. The van der Waals surface area contributed by atoms with Gasteiger partial charge in [-0.2, -0.15) is 4.57 Å². The first-order chi connectivity index (χ1) is 15.1. The van der Waals surface area contributed by atoms with Gasteiger partial charge in [-0.15, -0.1) is 0 Å². The summed E-state index contributed by atoms with van der Waals surface area (Å²) in [6, 6.07) is 19.0. The highest BCUT2D eigenvalue weighted by Crippen LogP contribution is 2.31. The number of nitrogens with zero attached hydrogens (tertiary/aromatic N) is 2. The van der Waals surface area contributed by atoms with Gasteiger partial charge in [-0.25, -0.2) is 0 Å². The van der Waals surface area contributed by atoms with Crippen molar-refractivity contribution in [3.8, 4) is 11.5 Å². The Morgan fingerprint density at radius 3 is 2.45 bits per heavy atom. The van der Waals surface area contributed by atoms with Crippen molar-refractivity contribution in [1.29, 1.82) is 0 Å². The predicted octanol–water partition coefficient (Wildman–Crippen LogP) is 3.11. The van der Waals surface area contributed by atoms with Gasteiger partial charge in [-0.3, -0.25) is 14.5 Å². The topological polar surface area (TPSA) is 71.8 Å². The van der Waals surface area contributed by atoms with Gasteiger partial charge < -0.3 is 14.8 Å². The molecule has 3 aromatic rings. The van der Waals surface area contributed by atoms with E-state index in [0.717, 1.165) is 11.4 Å². The minimum absolute atomic E-state index is 0.162. The Kier molecular flexibility index (Phi) is 5.84. The van der Waals surface area contributed by atoms with Gasteiger partial charge in [0.1, 0.15) is 11.5 Å². The molecule has 0 radical (unpaired) electrons. The van der Waals surface area contributed by atoms with E-state index in [4.69, 9.17) is 9.47 Å². The number of nitrogens with one attached hydrogen (secondary N) is 1. The van der Waals surface area contributed by atoms with Crippen LogP contribution in [0.4, 0.5) is 11.4 Å². The number of anilines is 2. The maximum atomic E-state index is 13.4. The summed E-state index contributed by atoms with van der Waals surface area (Å²) in [5, 5.41) is 2.94. The maximum Gasteiger partial charge on any atom is 0.294 e. The molecule has 4 rings (SSSR count). The van der Waals surface area contributed by atoms with Gasteiger partial charge in [0.05, 0.1) is 13.7 Å². The van der Waals surface area contributed by atoms with Crippen molar-refractivity contribution in [2.75, 3.05) is 23.9 Å². The standard InChI is InChI=1S/C24H23N3O4/c1-3-31-20-11-7-17(8-12-20)25-24(29)23-21-6-4-5-15-26(21)16-22(28)27(23)18-9-13-19(30-2)14-10-18/h4-15,23H,3,16H2,1-2H3/p+1. The molecule has 1 aromatic heterocycles. The Hall–Kier alpha value is -3.87. The van der Waals surface area contributed by atoms with Crippen LogP contribution in [0.1, 0.15) is 18.7 Å². The molecule has 0 fully saturated rings. The van der Waals surface area contributed by atoms with E-state index in [9.17, 15) is 9.59 Å². The van der Waals surface area contributed by atoms with E-state index in [2.05, 4.69) is 5.32 Å². The van der Waals surface area contributed by atoms with Crippen molar-refractivity contribution in [2.45, 2.75) is 19.5 Å². The fourth-order valence-electron chi connectivity index (χ4n) is 3.68. The molecule has 7 nitrogen and oxygen atoms in total. The van der Waals surface area contributed by atoms with Crippen LogP contribution in [0.5, 0.6) is 11.5 Å². The van der Waals surface area contributed by atoms with Gasteiger partial charge in [0, 0.05) is 23.5 Å². The third-order valence-electron chi connectivity index (χ3n) is 5.12. The van der Waals surface area contributed by atoms with Crippen LogP contribution in [0.2, 0.25) is 0 Å². The van der Waals surface area contributed by atoms with E-state index < -0.39 is 6.04 Å². The summed E-state index contributed by atoms with van der Waals surface area (Å²) in [6.45, 7) is 2.65. The van der Waals surface area contributed by atoms with Crippen molar-refractivity contribution in [2.24, 2.45) is 0 Å². The lowest BCUT2D eigenvalue weighted by atomic mass is 10.0. The predicted molar refractivity (Wildman–Crippen MR) is 116 cm³/mol. The fourth-order valence-corrected chi connectivity index (χ4v) is 3.68. The third-order valence-corrected chi connectivity index (χ3v) is 5.12. The first-order valence-corrected chi connectivity index (χ1v) is 10.1. The summed E-state index contributed by atoms with van der Waals surface area (Å²) in [6.07, 6.45) is 1.82. The van der Waals surface area contributed by atoms with Crippen molar-refractivity contribution in [3.63, 3.8) is 0 Å². The highest BCUT2D eigenvalue weighted by atomic mass is 16.5. The molecule has 2 amide bonds. The van der Waals surface area contributed by atoms with Crippen LogP contribution in [-0.2, 0) is 16.1 Å². The number of methoxy groups -OCH3 is 1. The number of ether oxygens (including phenoxy) is 2. The smallest absolute Gasteiger partial charge is 0.294 e. The number of pyridine rings is 1. The molecule has 31 heavy (non-hydrogen) atoms. The molecule has 7 heteroatoms. The van der Waals surface area contributed by atoms with E-state index in [1.807, 2.05) is 35.9 Å². The minimum atomic E-state index is -0.817. The number of benzene rings is 2. The molecule has 0 saturated heterocycles. The Labute approximate surface area is 180 Å². The first-order valence-electron chi connectivity index (χ1n) is 10.1. The molecule has 1 aliphatic heterocycles. The molecular weight excluding hydrogens is 394 g/mol. The Morgan fingerprint density at radius 1 is 1.06 bits per heavy atom. The monoisotopic (exact) mass is 418 g/mol. The maximum absolute atomic E-state index is 13.4. The Morgan fingerprint density at radius 2 is 1.77 bits per heavy atom. The summed E-state index contributed by atoms with van der Waals surface area (Å²) in [5.41, 5.74) is 2.00. The molecule has 1 aliphatic rings. The number of rotatable bonds is 6. The molecular formula is C24H24N3O4+. The zero-order valence-electron chi connectivity index (χ0n) is 17.4. The quantitative estimate of drug-likeness (QED) is 0.625. The molecule has 2 heterocycles. The average Bonchev–Trinajstić information content (AvgIpc) is 2.79. The normalized spacial score (nSPS) is 15.2. The largest absolute Gasteiger partial charge is 0.497 e. The number of amides is 2. The van der Waals surface area contributed by atoms with Crippen molar-refractivity contribution < 1.29 is 23.6 Å². The summed E-state index contributed by atoms with van der Waals surface area (Å²) in [7, 11) is 1.58. The third kappa shape index (κ3) is 4.21. The summed E-state index contributed by atoms with van der Waals surface area (Å²) < 4.78 is 12.5. The first kappa shape index (κ1) is 20.4. The number of hydrogen-bond donors (Lipinski definition) is 1. The second-order valence-electron chi connectivity index (χ2n) is 7.06. The van der Waals surface area contributed by atoms with Crippen LogP contribution in [0.15, 0.2) is 72.9 Å². The SMILES string of the molecule is CCOc1ccc(NC(=O)C2c3cccc[n+]3CC(=O)N2c2ccc(OC)cc2)cc1. The highest BCUT2D eigenvalue weighted by Gasteiger charge is 2.43. The molecule has 1 N–H and O–H groups in total.